The summed E-state index contributed by atoms with van der Waals surface area (Å²) in [7, 11) is 1.26. The predicted molar refractivity (Wildman–Crippen MR) is 119 cm³/mol. The van der Waals surface area contributed by atoms with Crippen LogP contribution in [-0.2, 0) is 0 Å². The molecule has 0 atom stereocenters. The van der Waals surface area contributed by atoms with Crippen LogP contribution in [0.3, 0.4) is 0 Å². The molecular weight excluding hydrogens is 435 g/mol. The summed E-state index contributed by atoms with van der Waals surface area (Å²) >= 11 is 0. The van der Waals surface area contributed by atoms with Crippen molar-refractivity contribution >= 4 is 21.5 Å². The molecule has 5 aromatic carbocycles. The smallest absolute Gasteiger partial charge is 0.159 e. The number of benzene rings is 5. The normalized spacial score (nSPS) is 11.3. The van der Waals surface area contributed by atoms with Crippen molar-refractivity contribution in [3.8, 4) is 28.0 Å². The van der Waals surface area contributed by atoms with Gasteiger partial charge in [-0.15, -0.1) is 0 Å². The Hall–Kier alpha value is -3.93. The van der Waals surface area contributed by atoms with E-state index in [1.54, 1.807) is 30.3 Å². The summed E-state index contributed by atoms with van der Waals surface area (Å²) in [4.78, 5) is 0. The lowest BCUT2D eigenvalue weighted by Gasteiger charge is -2.19. The first-order valence-electron chi connectivity index (χ1n) is 10.0. The molecule has 0 saturated heterocycles. The quantitative estimate of drug-likeness (QED) is 0.200. The topological polar surface area (TPSA) is 9.23 Å². The second-order valence-electron chi connectivity index (χ2n) is 7.58. The van der Waals surface area contributed by atoms with Gasteiger partial charge in [0.25, 0.3) is 0 Å². The number of halogens is 5. The minimum atomic E-state index is -1.19. The SMILES string of the molecule is COc1cc(F)c(-c2c3cc(F)ccc3c(-c3ccccc3)c3cc(F)c(F)cc23)c(F)c1. The summed E-state index contributed by atoms with van der Waals surface area (Å²) in [5, 5.41) is 0.888. The molecule has 0 aliphatic heterocycles. The lowest BCUT2D eigenvalue weighted by molar-refractivity contribution is 0.407. The molecule has 0 aliphatic carbocycles. The van der Waals surface area contributed by atoms with Crippen LogP contribution in [0, 0.1) is 29.1 Å². The summed E-state index contributed by atoms with van der Waals surface area (Å²) in [6.07, 6.45) is 0. The van der Waals surface area contributed by atoms with Crippen LogP contribution in [-0.4, -0.2) is 7.11 Å². The zero-order valence-electron chi connectivity index (χ0n) is 17.2. The van der Waals surface area contributed by atoms with Gasteiger partial charge >= 0.3 is 0 Å². The van der Waals surface area contributed by atoms with Crippen molar-refractivity contribution in [3.63, 3.8) is 0 Å². The average molecular weight is 450 g/mol. The van der Waals surface area contributed by atoms with Gasteiger partial charge in [0.15, 0.2) is 11.6 Å². The van der Waals surface area contributed by atoms with Crippen LogP contribution in [0.25, 0.3) is 43.8 Å². The highest BCUT2D eigenvalue weighted by Gasteiger charge is 2.24. The van der Waals surface area contributed by atoms with Crippen LogP contribution >= 0.6 is 0 Å². The molecule has 0 aliphatic rings. The Morgan fingerprint density at radius 1 is 0.515 bits per heavy atom. The van der Waals surface area contributed by atoms with E-state index in [2.05, 4.69) is 0 Å². The van der Waals surface area contributed by atoms with Gasteiger partial charge in [0.2, 0.25) is 0 Å². The predicted octanol–water partition coefficient (Wildman–Crippen LogP) is 8.03. The second-order valence-corrected chi connectivity index (χ2v) is 7.58. The summed E-state index contributed by atoms with van der Waals surface area (Å²) < 4.78 is 78.5. The minimum Gasteiger partial charge on any atom is -0.497 e. The number of ether oxygens (including phenoxy) is 1. The van der Waals surface area contributed by atoms with Gasteiger partial charge in [-0.2, -0.15) is 0 Å². The first-order chi connectivity index (χ1) is 15.9. The van der Waals surface area contributed by atoms with Crippen molar-refractivity contribution in [2.45, 2.75) is 0 Å². The number of hydrogen-bond acceptors (Lipinski definition) is 1. The van der Waals surface area contributed by atoms with Crippen molar-refractivity contribution in [1.29, 1.82) is 0 Å². The van der Waals surface area contributed by atoms with Crippen LogP contribution in [0.1, 0.15) is 0 Å². The van der Waals surface area contributed by atoms with Crippen molar-refractivity contribution in [1.82, 2.24) is 0 Å². The molecule has 0 heterocycles. The number of hydrogen-bond donors (Lipinski definition) is 0. The standard InChI is InChI=1S/C27H15F5O/c1-33-16-10-23(31)27(24(32)11-16)26-18-9-15(28)7-8-17(18)25(14-5-3-2-4-6-14)19-12-21(29)22(30)13-20(19)26/h2-13H,1H3. The van der Waals surface area contributed by atoms with Gasteiger partial charge in [-0.3, -0.25) is 0 Å². The average Bonchev–Trinajstić information content (AvgIpc) is 2.80. The van der Waals surface area contributed by atoms with Gasteiger partial charge in [0.05, 0.1) is 12.7 Å². The minimum absolute atomic E-state index is 0.0494. The van der Waals surface area contributed by atoms with E-state index in [-0.39, 0.29) is 27.5 Å². The highest BCUT2D eigenvalue weighted by Crippen LogP contribution is 2.46. The molecule has 0 spiro atoms. The van der Waals surface area contributed by atoms with E-state index in [4.69, 9.17) is 4.74 Å². The van der Waals surface area contributed by atoms with Gasteiger partial charge in [0.1, 0.15) is 23.2 Å². The van der Waals surface area contributed by atoms with Crippen molar-refractivity contribution in [2.75, 3.05) is 7.11 Å². The van der Waals surface area contributed by atoms with E-state index >= 15 is 8.78 Å². The van der Waals surface area contributed by atoms with Crippen molar-refractivity contribution in [3.05, 3.63) is 102 Å². The molecule has 0 amide bonds. The maximum Gasteiger partial charge on any atom is 0.159 e. The molecule has 0 radical (unpaired) electrons. The van der Waals surface area contributed by atoms with Gasteiger partial charge in [-0.1, -0.05) is 36.4 Å². The Balaban J connectivity index is 2.06. The summed E-state index contributed by atoms with van der Waals surface area (Å²) in [5.74, 6) is -4.94. The lowest BCUT2D eigenvalue weighted by Crippen LogP contribution is -1.98. The van der Waals surface area contributed by atoms with Gasteiger partial charge in [-0.25, -0.2) is 22.0 Å². The molecular formula is C27H15F5O. The van der Waals surface area contributed by atoms with E-state index in [0.29, 0.717) is 16.5 Å². The van der Waals surface area contributed by atoms with Gasteiger partial charge in [0, 0.05) is 17.7 Å². The lowest BCUT2D eigenvalue weighted by atomic mass is 9.85. The largest absolute Gasteiger partial charge is 0.497 e. The monoisotopic (exact) mass is 450 g/mol. The highest BCUT2D eigenvalue weighted by atomic mass is 19.2. The van der Waals surface area contributed by atoms with Crippen molar-refractivity contribution in [2.24, 2.45) is 0 Å². The van der Waals surface area contributed by atoms with Gasteiger partial charge in [-0.05, 0) is 56.9 Å². The maximum atomic E-state index is 15.2. The third-order valence-corrected chi connectivity index (χ3v) is 5.68. The first-order valence-corrected chi connectivity index (χ1v) is 10.0. The molecule has 33 heavy (non-hydrogen) atoms. The summed E-state index contributed by atoms with van der Waals surface area (Å²) in [6.45, 7) is 0. The molecule has 164 valence electrons. The van der Waals surface area contributed by atoms with Crippen LogP contribution in [0.4, 0.5) is 22.0 Å². The fourth-order valence-electron chi connectivity index (χ4n) is 4.28. The molecule has 0 unspecified atom stereocenters. The third kappa shape index (κ3) is 3.39. The summed E-state index contributed by atoms with van der Waals surface area (Å²) in [6, 6.07) is 16.6. The fourth-order valence-corrected chi connectivity index (χ4v) is 4.28. The molecule has 1 nitrogen and oxygen atoms in total. The zero-order valence-corrected chi connectivity index (χ0v) is 17.2. The van der Waals surface area contributed by atoms with Crippen molar-refractivity contribution < 1.29 is 26.7 Å². The number of fused-ring (bicyclic) bond motifs is 2. The zero-order chi connectivity index (χ0) is 23.3. The molecule has 0 fully saturated rings. The van der Waals surface area contributed by atoms with E-state index in [1.807, 2.05) is 0 Å². The molecule has 0 N–H and O–H groups in total. The Kier molecular flexibility index (Phi) is 5.01. The van der Waals surface area contributed by atoms with E-state index in [1.165, 1.54) is 19.2 Å². The van der Waals surface area contributed by atoms with Crippen LogP contribution in [0.15, 0.2) is 72.8 Å². The number of rotatable bonds is 3. The maximum absolute atomic E-state index is 15.2. The Morgan fingerprint density at radius 3 is 1.70 bits per heavy atom. The Bertz CT molecular complexity index is 1520. The van der Waals surface area contributed by atoms with Crippen LogP contribution < -0.4 is 4.74 Å². The van der Waals surface area contributed by atoms with Crippen LogP contribution in [0.2, 0.25) is 0 Å². The van der Waals surface area contributed by atoms with Gasteiger partial charge < -0.3 is 4.74 Å². The fraction of sp³-hybridized carbons (Fsp3) is 0.0370. The molecule has 5 rings (SSSR count). The van der Waals surface area contributed by atoms with E-state index in [9.17, 15) is 13.2 Å². The highest BCUT2D eigenvalue weighted by molar-refractivity contribution is 6.21. The first kappa shape index (κ1) is 20.9. The third-order valence-electron chi connectivity index (χ3n) is 5.68. The van der Waals surface area contributed by atoms with Crippen LogP contribution in [0.5, 0.6) is 5.75 Å². The molecule has 0 bridgehead atoms. The molecule has 0 aromatic heterocycles. The second kappa shape index (κ2) is 7.89. The Labute approximate surface area is 185 Å². The van der Waals surface area contributed by atoms with E-state index < -0.39 is 34.6 Å². The summed E-state index contributed by atoms with van der Waals surface area (Å²) in [5.41, 5.74) is 0.600. The van der Waals surface area contributed by atoms with E-state index in [0.717, 1.165) is 30.3 Å². The number of methoxy groups -OCH3 is 1. The molecule has 5 aromatic rings. The molecule has 0 saturated carbocycles. The molecule has 6 heteroatoms. The Morgan fingerprint density at radius 2 is 1.09 bits per heavy atom.